The maximum atomic E-state index is 13.9. The summed E-state index contributed by atoms with van der Waals surface area (Å²) in [5.74, 6) is 0.561. The summed E-state index contributed by atoms with van der Waals surface area (Å²) in [5.41, 5.74) is 2.47. The summed E-state index contributed by atoms with van der Waals surface area (Å²) in [5, 5.41) is 10.0. The van der Waals surface area contributed by atoms with Gasteiger partial charge in [0.25, 0.3) is 0 Å². The number of hydrogen-bond acceptors (Lipinski definition) is 2. The maximum Gasteiger partial charge on any atom is 0.126 e. The molecule has 116 valence electrons. The first-order valence-corrected chi connectivity index (χ1v) is 8.32. The molecule has 2 aliphatic rings. The molecule has 1 heterocycles. The second-order valence-corrected chi connectivity index (χ2v) is 6.78. The Morgan fingerprint density at radius 3 is 2.57 bits per heavy atom. The van der Waals surface area contributed by atoms with Crippen LogP contribution in [0, 0.1) is 18.7 Å². The van der Waals surface area contributed by atoms with Gasteiger partial charge in [-0.25, -0.2) is 4.39 Å². The normalized spacial score (nSPS) is 24.8. The van der Waals surface area contributed by atoms with Crippen LogP contribution in [0.25, 0.3) is 0 Å². The summed E-state index contributed by atoms with van der Waals surface area (Å²) in [7, 11) is 0. The number of aliphatic hydroxyl groups is 1. The lowest BCUT2D eigenvalue weighted by Crippen LogP contribution is -2.35. The zero-order valence-corrected chi connectivity index (χ0v) is 13.1. The molecule has 2 unspecified atom stereocenters. The van der Waals surface area contributed by atoms with Gasteiger partial charge in [-0.15, -0.1) is 0 Å². The van der Waals surface area contributed by atoms with Gasteiger partial charge in [0.05, 0.1) is 6.10 Å². The summed E-state index contributed by atoms with van der Waals surface area (Å²) >= 11 is 0. The fourth-order valence-electron chi connectivity index (χ4n) is 4.19. The highest BCUT2D eigenvalue weighted by Gasteiger charge is 2.34. The minimum absolute atomic E-state index is 0.216. The average Bonchev–Trinajstić information content (AvgIpc) is 3.09. The van der Waals surface area contributed by atoms with E-state index in [1.54, 1.807) is 6.92 Å². The van der Waals surface area contributed by atoms with Crippen LogP contribution in [-0.4, -0.2) is 17.7 Å². The molecule has 21 heavy (non-hydrogen) atoms. The fraction of sp³-hybridized carbons (Fsp3) is 0.667. The molecule has 0 amide bonds. The van der Waals surface area contributed by atoms with Crippen LogP contribution in [0.5, 0.6) is 0 Å². The minimum atomic E-state index is -0.625. The zero-order valence-electron chi connectivity index (χ0n) is 13.1. The Balaban J connectivity index is 1.96. The first kappa shape index (κ1) is 14.8. The fourth-order valence-corrected chi connectivity index (χ4v) is 4.19. The molecular weight excluding hydrogens is 265 g/mol. The molecule has 2 nitrogen and oxygen atoms in total. The molecule has 0 aromatic heterocycles. The van der Waals surface area contributed by atoms with Crippen molar-refractivity contribution in [2.24, 2.45) is 5.92 Å². The van der Waals surface area contributed by atoms with Crippen LogP contribution in [0.4, 0.5) is 10.1 Å². The van der Waals surface area contributed by atoms with Gasteiger partial charge in [-0.2, -0.15) is 0 Å². The highest BCUT2D eigenvalue weighted by Crippen LogP contribution is 2.40. The van der Waals surface area contributed by atoms with E-state index in [4.69, 9.17) is 0 Å². The molecule has 2 fully saturated rings. The second-order valence-electron chi connectivity index (χ2n) is 6.78. The highest BCUT2D eigenvalue weighted by molar-refractivity contribution is 5.58. The van der Waals surface area contributed by atoms with Crippen molar-refractivity contribution in [1.29, 1.82) is 0 Å². The lowest BCUT2D eigenvalue weighted by molar-refractivity contribution is 0.199. The van der Waals surface area contributed by atoms with E-state index in [-0.39, 0.29) is 5.82 Å². The van der Waals surface area contributed by atoms with Crippen LogP contribution >= 0.6 is 0 Å². The van der Waals surface area contributed by atoms with Crippen molar-refractivity contribution in [1.82, 2.24) is 0 Å². The minimum Gasteiger partial charge on any atom is -0.389 e. The molecule has 0 spiro atoms. The Kier molecular flexibility index (Phi) is 4.21. The smallest absolute Gasteiger partial charge is 0.126 e. The quantitative estimate of drug-likeness (QED) is 0.895. The van der Waals surface area contributed by atoms with Crippen molar-refractivity contribution in [2.75, 3.05) is 11.4 Å². The largest absolute Gasteiger partial charge is 0.389 e. The van der Waals surface area contributed by atoms with Gasteiger partial charge >= 0.3 is 0 Å². The van der Waals surface area contributed by atoms with Crippen LogP contribution in [0.15, 0.2) is 12.1 Å². The van der Waals surface area contributed by atoms with Crippen LogP contribution in [0.3, 0.4) is 0 Å². The molecule has 0 bridgehead atoms. The van der Waals surface area contributed by atoms with Gasteiger partial charge in [0, 0.05) is 23.8 Å². The Hall–Kier alpha value is -1.09. The number of benzene rings is 1. The van der Waals surface area contributed by atoms with Crippen molar-refractivity contribution in [3.8, 4) is 0 Å². The summed E-state index contributed by atoms with van der Waals surface area (Å²) in [4.78, 5) is 2.45. The molecule has 1 saturated heterocycles. The molecule has 1 saturated carbocycles. The number of aryl methyl sites for hydroxylation is 1. The molecule has 1 aliphatic heterocycles. The first-order chi connectivity index (χ1) is 10.1. The molecule has 3 heteroatoms. The predicted molar refractivity (Wildman–Crippen MR) is 84.1 cm³/mol. The SMILES string of the molecule is Cc1cc(N2CCCC2C2CCCC2)c(C(C)O)cc1F. The van der Waals surface area contributed by atoms with E-state index in [9.17, 15) is 9.50 Å². The van der Waals surface area contributed by atoms with E-state index in [0.29, 0.717) is 11.6 Å². The van der Waals surface area contributed by atoms with E-state index in [1.165, 1.54) is 44.6 Å². The third kappa shape index (κ3) is 2.80. The lowest BCUT2D eigenvalue weighted by Gasteiger charge is -2.33. The van der Waals surface area contributed by atoms with Gasteiger partial charge in [0.2, 0.25) is 0 Å². The van der Waals surface area contributed by atoms with Gasteiger partial charge in [0.15, 0.2) is 0 Å². The third-order valence-corrected chi connectivity index (χ3v) is 5.31. The van der Waals surface area contributed by atoms with Crippen molar-refractivity contribution in [3.63, 3.8) is 0 Å². The number of anilines is 1. The number of aliphatic hydroxyl groups excluding tert-OH is 1. The predicted octanol–water partition coefficient (Wildman–Crippen LogP) is 4.35. The molecule has 1 aliphatic carbocycles. The monoisotopic (exact) mass is 291 g/mol. The van der Waals surface area contributed by atoms with E-state index in [2.05, 4.69) is 4.90 Å². The van der Waals surface area contributed by atoms with E-state index >= 15 is 0 Å². The maximum absolute atomic E-state index is 13.9. The van der Waals surface area contributed by atoms with Gasteiger partial charge in [0.1, 0.15) is 5.82 Å². The molecule has 1 aromatic carbocycles. The summed E-state index contributed by atoms with van der Waals surface area (Å²) in [6.07, 6.45) is 7.16. The molecule has 2 atom stereocenters. The van der Waals surface area contributed by atoms with E-state index < -0.39 is 6.10 Å². The van der Waals surface area contributed by atoms with Crippen molar-refractivity contribution < 1.29 is 9.50 Å². The Bertz CT molecular complexity index is 508. The summed E-state index contributed by atoms with van der Waals surface area (Å²) < 4.78 is 13.9. The Labute approximate surface area is 127 Å². The third-order valence-electron chi connectivity index (χ3n) is 5.31. The topological polar surface area (TPSA) is 23.5 Å². The molecule has 1 aromatic rings. The van der Waals surface area contributed by atoms with Gasteiger partial charge in [-0.3, -0.25) is 0 Å². The van der Waals surface area contributed by atoms with Crippen LogP contribution in [0.1, 0.15) is 62.7 Å². The number of rotatable bonds is 3. The lowest BCUT2D eigenvalue weighted by atomic mass is 9.94. The Morgan fingerprint density at radius 1 is 1.19 bits per heavy atom. The standard InChI is InChI=1S/C18H26FNO/c1-12-10-18(15(13(2)21)11-16(12)19)20-9-5-8-17(20)14-6-3-4-7-14/h10-11,13-14,17,21H,3-9H2,1-2H3. The molecule has 3 rings (SSSR count). The molecular formula is C18H26FNO. The number of hydrogen-bond donors (Lipinski definition) is 1. The van der Waals surface area contributed by atoms with Gasteiger partial charge in [-0.1, -0.05) is 12.8 Å². The Morgan fingerprint density at radius 2 is 1.90 bits per heavy atom. The van der Waals surface area contributed by atoms with Crippen molar-refractivity contribution >= 4 is 5.69 Å². The molecule has 0 radical (unpaired) electrons. The average molecular weight is 291 g/mol. The van der Waals surface area contributed by atoms with Crippen LogP contribution < -0.4 is 4.90 Å². The number of nitrogens with zero attached hydrogens (tertiary/aromatic N) is 1. The van der Waals surface area contributed by atoms with E-state index in [1.807, 2.05) is 13.0 Å². The summed E-state index contributed by atoms with van der Waals surface area (Å²) in [6.45, 7) is 4.57. The molecule has 1 N–H and O–H groups in total. The zero-order chi connectivity index (χ0) is 15.0. The van der Waals surface area contributed by atoms with Gasteiger partial charge in [-0.05, 0) is 63.1 Å². The summed E-state index contributed by atoms with van der Waals surface area (Å²) in [6, 6.07) is 4.04. The van der Waals surface area contributed by atoms with Gasteiger partial charge < -0.3 is 10.0 Å². The van der Waals surface area contributed by atoms with Crippen LogP contribution in [-0.2, 0) is 0 Å². The first-order valence-electron chi connectivity index (χ1n) is 8.32. The van der Waals surface area contributed by atoms with E-state index in [0.717, 1.165) is 23.7 Å². The van der Waals surface area contributed by atoms with Crippen molar-refractivity contribution in [3.05, 3.63) is 29.1 Å². The highest BCUT2D eigenvalue weighted by atomic mass is 19.1. The number of halogens is 1. The van der Waals surface area contributed by atoms with Crippen molar-refractivity contribution in [2.45, 2.75) is 64.5 Å². The second kappa shape index (κ2) is 5.96. The van der Waals surface area contributed by atoms with Crippen LogP contribution in [0.2, 0.25) is 0 Å².